The molecular weight excluding hydrogens is 261 g/mol. The summed E-state index contributed by atoms with van der Waals surface area (Å²) in [5.41, 5.74) is 4.28. The summed E-state index contributed by atoms with van der Waals surface area (Å²) in [6, 6.07) is 2.04. The average Bonchev–Trinajstić information content (AvgIpc) is 2.17. The van der Waals surface area contributed by atoms with E-state index in [1.165, 1.54) is 17.8 Å². The highest BCUT2D eigenvalue weighted by atomic mass is 32.2. The van der Waals surface area contributed by atoms with Crippen LogP contribution in [-0.2, 0) is 6.18 Å². The molecule has 0 atom stereocenters. The van der Waals surface area contributed by atoms with Gasteiger partial charge in [0.1, 0.15) is 0 Å². The molecule has 0 amide bonds. The molecule has 2 nitrogen and oxygen atoms in total. The van der Waals surface area contributed by atoms with Gasteiger partial charge in [0, 0.05) is 15.3 Å². The molecule has 18 heavy (non-hydrogen) atoms. The predicted octanol–water partition coefficient (Wildman–Crippen LogP) is 4.73. The van der Waals surface area contributed by atoms with Crippen LogP contribution >= 0.6 is 11.8 Å². The first-order chi connectivity index (χ1) is 8.04. The Balaban J connectivity index is 3.33. The molecule has 1 aromatic carbocycles. The van der Waals surface area contributed by atoms with Crippen LogP contribution in [0.4, 0.5) is 24.5 Å². The first-order valence-corrected chi connectivity index (χ1v) is 5.93. The van der Waals surface area contributed by atoms with Gasteiger partial charge in [-0.25, -0.2) is 4.85 Å². The lowest BCUT2D eigenvalue weighted by atomic mass is 10.1. The second-order valence-electron chi connectivity index (χ2n) is 4.73. The van der Waals surface area contributed by atoms with E-state index in [0.717, 1.165) is 6.07 Å². The van der Waals surface area contributed by atoms with Crippen molar-refractivity contribution in [3.05, 3.63) is 29.1 Å². The molecule has 6 heteroatoms. The van der Waals surface area contributed by atoms with Crippen molar-refractivity contribution in [3.63, 3.8) is 0 Å². The van der Waals surface area contributed by atoms with Gasteiger partial charge in [-0.2, -0.15) is 13.2 Å². The van der Waals surface area contributed by atoms with Crippen molar-refractivity contribution in [2.75, 3.05) is 5.73 Å². The highest BCUT2D eigenvalue weighted by Gasteiger charge is 2.34. The molecule has 0 aromatic heterocycles. The summed E-state index contributed by atoms with van der Waals surface area (Å²) in [6.07, 6.45) is -4.56. The monoisotopic (exact) mass is 274 g/mol. The largest absolute Gasteiger partial charge is 0.407 e. The van der Waals surface area contributed by atoms with E-state index >= 15 is 0 Å². The maximum absolute atomic E-state index is 12.7. The molecule has 2 N–H and O–H groups in total. The van der Waals surface area contributed by atoms with Gasteiger partial charge in [-0.3, -0.25) is 0 Å². The molecule has 0 bridgehead atoms. The van der Waals surface area contributed by atoms with Gasteiger partial charge < -0.3 is 5.73 Å². The van der Waals surface area contributed by atoms with E-state index < -0.39 is 17.4 Å². The minimum Gasteiger partial charge on any atom is -0.398 e. The molecule has 0 spiro atoms. The summed E-state index contributed by atoms with van der Waals surface area (Å²) < 4.78 is 37.9. The number of nitrogens with zero attached hydrogens (tertiary/aromatic N) is 1. The lowest BCUT2D eigenvalue weighted by Crippen LogP contribution is -2.10. The van der Waals surface area contributed by atoms with E-state index in [1.807, 2.05) is 20.8 Å². The quantitative estimate of drug-likeness (QED) is 0.456. The first kappa shape index (κ1) is 14.7. The zero-order chi connectivity index (χ0) is 14.1. The molecular formula is C12H13F3N2S. The summed E-state index contributed by atoms with van der Waals surface area (Å²) in [5, 5.41) is 0. The minimum absolute atomic E-state index is 0.0506. The fourth-order valence-electron chi connectivity index (χ4n) is 1.32. The highest BCUT2D eigenvalue weighted by Crippen LogP contribution is 2.43. The van der Waals surface area contributed by atoms with E-state index in [-0.39, 0.29) is 10.4 Å². The Labute approximate surface area is 108 Å². The third-order valence-electron chi connectivity index (χ3n) is 1.97. The minimum atomic E-state index is -4.56. The Bertz CT molecular complexity index is 496. The standard InChI is InChI=1S/C12H13F3N2S/c1-11(2,3)18-10-6-9(17-4)7(5-8(10)16)12(13,14)15/h5-6H,16H2,1-3H3. The zero-order valence-electron chi connectivity index (χ0n) is 10.2. The second-order valence-corrected chi connectivity index (χ2v) is 6.60. The van der Waals surface area contributed by atoms with Gasteiger partial charge in [0.05, 0.1) is 12.1 Å². The van der Waals surface area contributed by atoms with Gasteiger partial charge in [-0.15, -0.1) is 11.8 Å². The number of benzene rings is 1. The molecule has 0 heterocycles. The van der Waals surface area contributed by atoms with Crippen LogP contribution in [0.1, 0.15) is 26.3 Å². The van der Waals surface area contributed by atoms with Crippen LogP contribution in [0, 0.1) is 6.57 Å². The molecule has 0 aliphatic rings. The first-order valence-electron chi connectivity index (χ1n) is 5.12. The normalized spacial score (nSPS) is 12.3. The molecule has 0 aliphatic carbocycles. The van der Waals surface area contributed by atoms with Crippen molar-refractivity contribution >= 4 is 23.1 Å². The Hall–Kier alpha value is -1.35. The maximum atomic E-state index is 12.7. The van der Waals surface area contributed by atoms with Crippen LogP contribution in [0.5, 0.6) is 0 Å². The van der Waals surface area contributed by atoms with E-state index in [0.29, 0.717) is 4.90 Å². The number of alkyl halides is 3. The van der Waals surface area contributed by atoms with Crippen molar-refractivity contribution in [2.45, 2.75) is 36.6 Å². The predicted molar refractivity (Wildman–Crippen MR) is 67.7 cm³/mol. The summed E-state index contributed by atoms with van der Waals surface area (Å²) in [7, 11) is 0. The molecule has 98 valence electrons. The molecule has 0 unspecified atom stereocenters. The van der Waals surface area contributed by atoms with Gasteiger partial charge in [-0.05, 0) is 12.1 Å². The maximum Gasteiger partial charge on any atom is 0.407 e. The van der Waals surface area contributed by atoms with Crippen molar-refractivity contribution in [2.24, 2.45) is 0 Å². The number of hydrogen-bond acceptors (Lipinski definition) is 2. The fraction of sp³-hybridized carbons (Fsp3) is 0.417. The summed E-state index contributed by atoms with van der Waals surface area (Å²) >= 11 is 1.34. The molecule has 0 radical (unpaired) electrons. The third kappa shape index (κ3) is 3.57. The SMILES string of the molecule is [C-]#[N+]c1cc(SC(C)(C)C)c(N)cc1C(F)(F)F. The van der Waals surface area contributed by atoms with Crippen molar-refractivity contribution in [1.29, 1.82) is 0 Å². The van der Waals surface area contributed by atoms with E-state index in [9.17, 15) is 13.2 Å². The summed E-state index contributed by atoms with van der Waals surface area (Å²) in [4.78, 5) is 3.43. The van der Waals surface area contributed by atoms with E-state index in [4.69, 9.17) is 12.3 Å². The third-order valence-corrected chi connectivity index (χ3v) is 3.16. The molecule has 0 saturated heterocycles. The Kier molecular flexibility index (Phi) is 3.86. The highest BCUT2D eigenvalue weighted by molar-refractivity contribution is 8.00. The average molecular weight is 274 g/mol. The number of nitrogen functional groups attached to an aromatic ring is 1. The Morgan fingerprint density at radius 3 is 2.17 bits per heavy atom. The topological polar surface area (TPSA) is 30.4 Å². The molecule has 0 aliphatic heterocycles. The van der Waals surface area contributed by atoms with Crippen LogP contribution in [0.25, 0.3) is 4.85 Å². The number of rotatable bonds is 1. The smallest absolute Gasteiger partial charge is 0.398 e. The number of anilines is 1. The van der Waals surface area contributed by atoms with Crippen molar-refractivity contribution in [3.8, 4) is 0 Å². The van der Waals surface area contributed by atoms with Crippen LogP contribution < -0.4 is 5.73 Å². The van der Waals surface area contributed by atoms with Crippen molar-refractivity contribution in [1.82, 2.24) is 0 Å². The zero-order valence-corrected chi connectivity index (χ0v) is 11.0. The van der Waals surface area contributed by atoms with Gasteiger partial charge in [0.15, 0.2) is 0 Å². The number of thioether (sulfide) groups is 1. The van der Waals surface area contributed by atoms with Crippen LogP contribution in [0.2, 0.25) is 0 Å². The van der Waals surface area contributed by atoms with Gasteiger partial charge in [-0.1, -0.05) is 20.8 Å². The van der Waals surface area contributed by atoms with Crippen LogP contribution in [0.3, 0.4) is 0 Å². The summed E-state index contributed by atoms with van der Waals surface area (Å²) in [6.45, 7) is 12.6. The molecule has 0 saturated carbocycles. The number of nitrogens with two attached hydrogens (primary N) is 1. The Morgan fingerprint density at radius 1 is 1.22 bits per heavy atom. The second kappa shape index (κ2) is 4.73. The van der Waals surface area contributed by atoms with E-state index in [2.05, 4.69) is 4.85 Å². The van der Waals surface area contributed by atoms with Gasteiger partial charge >= 0.3 is 6.18 Å². The van der Waals surface area contributed by atoms with Crippen LogP contribution in [0.15, 0.2) is 17.0 Å². The molecule has 1 aromatic rings. The molecule has 0 fully saturated rings. The van der Waals surface area contributed by atoms with Gasteiger partial charge in [0.25, 0.3) is 0 Å². The number of hydrogen-bond donors (Lipinski definition) is 1. The lowest BCUT2D eigenvalue weighted by molar-refractivity contribution is -0.136. The summed E-state index contributed by atoms with van der Waals surface area (Å²) in [5.74, 6) is 0. The Morgan fingerprint density at radius 2 is 1.78 bits per heavy atom. The number of halogens is 3. The molecule has 1 rings (SSSR count). The van der Waals surface area contributed by atoms with Crippen LogP contribution in [-0.4, -0.2) is 4.75 Å². The van der Waals surface area contributed by atoms with Crippen molar-refractivity contribution < 1.29 is 13.2 Å². The lowest BCUT2D eigenvalue weighted by Gasteiger charge is -2.20. The van der Waals surface area contributed by atoms with Gasteiger partial charge in [0.2, 0.25) is 5.69 Å². The fourth-order valence-corrected chi connectivity index (χ4v) is 2.33. The van der Waals surface area contributed by atoms with E-state index in [1.54, 1.807) is 0 Å².